The number of aromatic nitrogens is 3. The molecule has 29 heavy (non-hydrogen) atoms. The summed E-state index contributed by atoms with van der Waals surface area (Å²) < 4.78 is 7.32. The molecule has 2 aromatic carbocycles. The highest BCUT2D eigenvalue weighted by Gasteiger charge is 2.18. The molecule has 4 aromatic rings. The predicted octanol–water partition coefficient (Wildman–Crippen LogP) is 3.87. The molecule has 2 aromatic heterocycles. The Morgan fingerprint density at radius 1 is 1.17 bits per heavy atom. The molecule has 0 saturated heterocycles. The summed E-state index contributed by atoms with van der Waals surface area (Å²) in [7, 11) is 0. The first-order chi connectivity index (χ1) is 14.2. The van der Waals surface area contributed by atoms with E-state index in [-0.39, 0.29) is 12.5 Å². The van der Waals surface area contributed by atoms with E-state index in [0.29, 0.717) is 11.3 Å². The van der Waals surface area contributed by atoms with Gasteiger partial charge in [-0.1, -0.05) is 41.4 Å². The van der Waals surface area contributed by atoms with Crippen molar-refractivity contribution in [3.05, 3.63) is 78.4 Å². The first kappa shape index (κ1) is 18.3. The van der Waals surface area contributed by atoms with E-state index in [4.69, 9.17) is 10.9 Å². The van der Waals surface area contributed by atoms with Crippen molar-refractivity contribution in [1.29, 1.82) is 0 Å². The monoisotopic (exact) mass is 382 g/mol. The molecule has 6 heteroatoms. The van der Waals surface area contributed by atoms with E-state index >= 15 is 0 Å². The van der Waals surface area contributed by atoms with Crippen LogP contribution >= 0.6 is 0 Å². The molecule has 0 spiro atoms. The number of carbonyl (C=O) groups excluding carboxylic acids is 1. The van der Waals surface area contributed by atoms with Crippen LogP contribution in [-0.4, -0.2) is 27.2 Å². The molecular weight excluding hydrogens is 364 g/mol. The van der Waals surface area contributed by atoms with Crippen molar-refractivity contribution in [2.45, 2.75) is 6.92 Å². The Bertz CT molecular complexity index is 1180. The van der Waals surface area contributed by atoms with Crippen LogP contribution in [0.4, 0.5) is 0 Å². The van der Waals surface area contributed by atoms with Gasteiger partial charge in [-0.25, -0.2) is 4.98 Å². The summed E-state index contributed by atoms with van der Waals surface area (Å²) in [5, 5.41) is 6.86. The third kappa shape index (κ3) is 3.66. The van der Waals surface area contributed by atoms with Crippen molar-refractivity contribution in [2.75, 3.05) is 6.54 Å². The molecule has 1 amide bonds. The molecule has 0 bridgehead atoms. The predicted molar refractivity (Wildman–Crippen MR) is 110 cm³/mol. The zero-order valence-corrected chi connectivity index (χ0v) is 15.8. The maximum atomic E-state index is 12.0. The second-order valence-corrected chi connectivity index (χ2v) is 6.43. The van der Waals surface area contributed by atoms with Crippen LogP contribution in [0.15, 0.2) is 71.6 Å². The van der Waals surface area contributed by atoms with E-state index in [1.54, 1.807) is 18.5 Å². The third-order valence-electron chi connectivity index (χ3n) is 4.53. The number of carbonyl (C=O) groups is 1. The van der Waals surface area contributed by atoms with Gasteiger partial charge < -0.3 is 14.4 Å². The van der Waals surface area contributed by atoms with Crippen molar-refractivity contribution < 1.29 is 9.32 Å². The number of amides is 1. The standard InChI is InChI=1S/C23H18N4O2/c1-3-13-24-23(28)18-9-11-19(12-10-18)27-14-20(25-15-27)21-16(2)29-26-22(21)17-7-5-4-6-8-17/h1,4-12,14-15H,13H2,2H3,(H,24,28). The Labute approximate surface area is 168 Å². The first-order valence-electron chi connectivity index (χ1n) is 9.05. The van der Waals surface area contributed by atoms with Gasteiger partial charge in [0.15, 0.2) is 0 Å². The van der Waals surface area contributed by atoms with E-state index in [1.165, 1.54) is 0 Å². The lowest BCUT2D eigenvalue weighted by Crippen LogP contribution is -2.23. The summed E-state index contributed by atoms with van der Waals surface area (Å²) in [6, 6.07) is 17.1. The fraction of sp³-hybridized carbons (Fsp3) is 0.0870. The number of aryl methyl sites for hydroxylation is 1. The molecule has 2 heterocycles. The van der Waals surface area contributed by atoms with Crippen molar-refractivity contribution in [3.63, 3.8) is 0 Å². The van der Waals surface area contributed by atoms with Gasteiger partial charge in [-0.05, 0) is 31.2 Å². The average molecular weight is 382 g/mol. The number of imidazole rings is 1. The highest BCUT2D eigenvalue weighted by molar-refractivity contribution is 5.94. The number of terminal acetylenes is 1. The number of hydrogen-bond donors (Lipinski definition) is 1. The molecule has 0 aliphatic carbocycles. The van der Waals surface area contributed by atoms with Gasteiger partial charge in [-0.3, -0.25) is 4.79 Å². The van der Waals surface area contributed by atoms with Crippen LogP contribution in [0.1, 0.15) is 16.1 Å². The summed E-state index contributed by atoms with van der Waals surface area (Å²) in [6.07, 6.45) is 8.81. The highest BCUT2D eigenvalue weighted by Crippen LogP contribution is 2.33. The third-order valence-corrected chi connectivity index (χ3v) is 4.53. The van der Waals surface area contributed by atoms with E-state index < -0.39 is 0 Å². The van der Waals surface area contributed by atoms with Gasteiger partial charge in [0.2, 0.25) is 0 Å². The van der Waals surface area contributed by atoms with Crippen molar-refractivity contribution >= 4 is 5.91 Å². The number of rotatable bonds is 5. The van der Waals surface area contributed by atoms with Gasteiger partial charge in [-0.15, -0.1) is 6.42 Å². The zero-order valence-electron chi connectivity index (χ0n) is 15.8. The van der Waals surface area contributed by atoms with Crippen LogP contribution in [0.5, 0.6) is 0 Å². The minimum absolute atomic E-state index is 0.201. The number of nitrogens with zero attached hydrogens (tertiary/aromatic N) is 3. The van der Waals surface area contributed by atoms with Gasteiger partial charge in [0.25, 0.3) is 5.91 Å². The second kappa shape index (κ2) is 7.87. The van der Waals surface area contributed by atoms with E-state index in [0.717, 1.165) is 28.2 Å². The first-order valence-corrected chi connectivity index (χ1v) is 9.05. The van der Waals surface area contributed by atoms with Crippen LogP contribution in [0, 0.1) is 19.3 Å². The SMILES string of the molecule is C#CCNC(=O)c1ccc(-n2cnc(-c3c(-c4ccccc4)noc3C)c2)cc1. The van der Waals surface area contributed by atoms with Crippen LogP contribution in [-0.2, 0) is 0 Å². The normalized spacial score (nSPS) is 10.5. The summed E-state index contributed by atoms with van der Waals surface area (Å²) in [5.74, 6) is 2.89. The molecule has 0 radical (unpaired) electrons. The average Bonchev–Trinajstić information content (AvgIpc) is 3.39. The molecular formula is C23H18N4O2. The Morgan fingerprint density at radius 2 is 1.93 bits per heavy atom. The van der Waals surface area contributed by atoms with Gasteiger partial charge in [0.05, 0.1) is 24.1 Å². The number of nitrogens with one attached hydrogen (secondary N) is 1. The summed E-state index contributed by atoms with van der Waals surface area (Å²) in [4.78, 5) is 16.5. The molecule has 0 saturated carbocycles. The largest absolute Gasteiger partial charge is 0.360 e. The lowest BCUT2D eigenvalue weighted by Gasteiger charge is -2.05. The molecule has 6 nitrogen and oxygen atoms in total. The zero-order chi connectivity index (χ0) is 20.2. The fourth-order valence-corrected chi connectivity index (χ4v) is 3.08. The van der Waals surface area contributed by atoms with E-state index in [2.05, 4.69) is 21.4 Å². The van der Waals surface area contributed by atoms with Crippen molar-refractivity contribution in [1.82, 2.24) is 20.0 Å². The Hall–Kier alpha value is -4.11. The van der Waals surface area contributed by atoms with Gasteiger partial charge in [-0.2, -0.15) is 0 Å². The highest BCUT2D eigenvalue weighted by atomic mass is 16.5. The van der Waals surface area contributed by atoms with Gasteiger partial charge >= 0.3 is 0 Å². The van der Waals surface area contributed by atoms with Crippen LogP contribution in [0.3, 0.4) is 0 Å². The van der Waals surface area contributed by atoms with Gasteiger partial charge in [0.1, 0.15) is 11.5 Å². The van der Waals surface area contributed by atoms with Crippen molar-refractivity contribution in [3.8, 4) is 40.5 Å². The maximum Gasteiger partial charge on any atom is 0.252 e. The summed E-state index contributed by atoms with van der Waals surface area (Å²) in [5.41, 5.74) is 4.78. The van der Waals surface area contributed by atoms with Crippen LogP contribution in [0.2, 0.25) is 0 Å². The number of hydrogen-bond acceptors (Lipinski definition) is 4. The smallest absolute Gasteiger partial charge is 0.252 e. The minimum Gasteiger partial charge on any atom is -0.360 e. The minimum atomic E-state index is -0.201. The molecule has 0 aliphatic heterocycles. The Kier molecular flexibility index (Phi) is 4.95. The fourth-order valence-electron chi connectivity index (χ4n) is 3.08. The second-order valence-electron chi connectivity index (χ2n) is 6.43. The van der Waals surface area contributed by atoms with Crippen molar-refractivity contribution in [2.24, 2.45) is 0 Å². The lowest BCUT2D eigenvalue weighted by atomic mass is 10.0. The molecule has 1 N–H and O–H groups in total. The Morgan fingerprint density at radius 3 is 2.66 bits per heavy atom. The lowest BCUT2D eigenvalue weighted by molar-refractivity contribution is 0.0958. The van der Waals surface area contributed by atoms with Gasteiger partial charge in [0, 0.05) is 23.0 Å². The molecule has 4 rings (SSSR count). The van der Waals surface area contributed by atoms with Crippen LogP contribution < -0.4 is 5.32 Å². The molecule has 0 atom stereocenters. The molecule has 142 valence electrons. The maximum absolute atomic E-state index is 12.0. The van der Waals surface area contributed by atoms with E-state index in [1.807, 2.05) is 60.2 Å². The molecule has 0 unspecified atom stereocenters. The summed E-state index contributed by atoms with van der Waals surface area (Å²) >= 11 is 0. The van der Waals surface area contributed by atoms with Crippen LogP contribution in [0.25, 0.3) is 28.2 Å². The Balaban J connectivity index is 1.63. The molecule has 0 aliphatic rings. The summed E-state index contributed by atoms with van der Waals surface area (Å²) in [6.45, 7) is 2.07. The molecule has 0 fully saturated rings. The number of benzene rings is 2. The van der Waals surface area contributed by atoms with E-state index in [9.17, 15) is 4.79 Å². The quantitative estimate of drug-likeness (QED) is 0.532. The topological polar surface area (TPSA) is 73.0 Å².